The molecule has 6 rings (SSSR count). The number of aromatic amines is 1. The summed E-state index contributed by atoms with van der Waals surface area (Å²) in [4.78, 5) is 28.1. The maximum Gasteiger partial charge on any atom is 0.417 e. The first-order chi connectivity index (χ1) is 19.0. The van der Waals surface area contributed by atoms with Gasteiger partial charge >= 0.3 is 12.1 Å². The number of amides is 1. The van der Waals surface area contributed by atoms with Crippen LogP contribution in [-0.4, -0.2) is 88.4 Å². The molecule has 2 aliphatic heterocycles. The summed E-state index contributed by atoms with van der Waals surface area (Å²) in [7, 11) is 2.92. The van der Waals surface area contributed by atoms with E-state index in [-0.39, 0.29) is 47.2 Å². The number of rotatable bonds is 7. The first-order valence-corrected chi connectivity index (χ1v) is 12.7. The molecule has 1 aromatic carbocycles. The van der Waals surface area contributed by atoms with E-state index in [0.717, 1.165) is 29.3 Å². The van der Waals surface area contributed by atoms with Crippen molar-refractivity contribution in [3.8, 4) is 23.1 Å². The summed E-state index contributed by atoms with van der Waals surface area (Å²) in [6.07, 6.45) is 3.56. The Morgan fingerprint density at radius 2 is 1.90 bits per heavy atom. The molecule has 3 aromatic heterocycles. The van der Waals surface area contributed by atoms with E-state index in [4.69, 9.17) is 18.9 Å². The fraction of sp³-hybridized carbons (Fsp3) is 0.423. The highest BCUT2D eigenvalue weighted by Gasteiger charge is 2.41. The predicted octanol–water partition coefficient (Wildman–Crippen LogP) is 2.95. The summed E-state index contributed by atoms with van der Waals surface area (Å²) in [6, 6.07) is 3.60. The first kappa shape index (κ1) is 25.3. The molecule has 1 amide bonds. The second kappa shape index (κ2) is 10.3. The summed E-state index contributed by atoms with van der Waals surface area (Å²) < 4.78 is 38.0. The number of nitrogens with one attached hydrogen (secondary N) is 2. The number of hydrogen-bond acceptors (Lipinski definition) is 10. The average molecular weight is 538 g/mol. The molecule has 0 radical (unpaired) electrons. The second-order valence-electron chi connectivity index (χ2n) is 9.61. The van der Waals surface area contributed by atoms with Gasteiger partial charge in [0.1, 0.15) is 17.8 Å². The Labute approximate surface area is 222 Å². The number of H-pyrrole nitrogens is 1. The maximum atomic E-state index is 16.2. The van der Waals surface area contributed by atoms with Crippen molar-refractivity contribution >= 4 is 27.9 Å². The second-order valence-corrected chi connectivity index (χ2v) is 9.61. The molecule has 2 fully saturated rings. The molecule has 39 heavy (non-hydrogen) atoms. The largest absolute Gasteiger partial charge is 0.458 e. The smallest absolute Gasteiger partial charge is 0.417 e. The van der Waals surface area contributed by atoms with E-state index in [1.807, 2.05) is 19.1 Å². The molecule has 13 heteroatoms. The lowest BCUT2D eigenvalue weighted by Gasteiger charge is -2.34. The minimum Gasteiger partial charge on any atom is -0.458 e. The van der Waals surface area contributed by atoms with Crippen LogP contribution in [0, 0.1) is 12.7 Å². The number of carbonyl (C=O) groups excluding carboxylic acids is 1. The summed E-state index contributed by atoms with van der Waals surface area (Å²) in [5.74, 6) is -0.841. The van der Waals surface area contributed by atoms with Crippen LogP contribution >= 0.6 is 0 Å². The van der Waals surface area contributed by atoms with E-state index in [9.17, 15) is 4.79 Å². The van der Waals surface area contributed by atoms with E-state index in [2.05, 4.69) is 30.5 Å². The predicted molar refractivity (Wildman–Crippen MR) is 138 cm³/mol. The molecular weight excluding hydrogens is 509 g/mol. The van der Waals surface area contributed by atoms with Gasteiger partial charge in [-0.15, -0.1) is 0 Å². The highest BCUT2D eigenvalue weighted by atomic mass is 19.1. The number of hydrogen-bond donors (Lipinski definition) is 2. The Morgan fingerprint density at radius 3 is 2.64 bits per heavy atom. The average Bonchev–Trinajstić information content (AvgIpc) is 3.51. The van der Waals surface area contributed by atoms with Gasteiger partial charge < -0.3 is 24.3 Å². The van der Waals surface area contributed by atoms with Crippen molar-refractivity contribution in [2.75, 3.05) is 33.9 Å². The third-order valence-electron chi connectivity index (χ3n) is 7.35. The van der Waals surface area contributed by atoms with Gasteiger partial charge in [-0.05, 0) is 31.4 Å². The van der Waals surface area contributed by atoms with E-state index in [1.54, 1.807) is 11.1 Å². The number of halogens is 1. The van der Waals surface area contributed by atoms with Crippen LogP contribution in [0.25, 0.3) is 33.1 Å². The number of aromatic nitrogens is 5. The molecule has 0 aliphatic carbocycles. The number of methoxy groups -OCH3 is 2. The van der Waals surface area contributed by atoms with Crippen LogP contribution < -0.4 is 14.8 Å². The van der Waals surface area contributed by atoms with Gasteiger partial charge in [-0.2, -0.15) is 15.1 Å². The Morgan fingerprint density at radius 1 is 1.13 bits per heavy atom. The van der Waals surface area contributed by atoms with Crippen molar-refractivity contribution in [3.63, 3.8) is 0 Å². The van der Waals surface area contributed by atoms with Gasteiger partial charge in [-0.25, -0.2) is 9.18 Å². The zero-order valence-electron chi connectivity index (χ0n) is 21.7. The molecule has 5 heterocycles. The van der Waals surface area contributed by atoms with E-state index in [0.29, 0.717) is 18.7 Å². The van der Waals surface area contributed by atoms with Crippen LogP contribution in [0.2, 0.25) is 0 Å². The van der Waals surface area contributed by atoms with Gasteiger partial charge in [0.2, 0.25) is 5.88 Å². The summed E-state index contributed by atoms with van der Waals surface area (Å²) in [5.41, 5.74) is 2.12. The third-order valence-corrected chi connectivity index (χ3v) is 7.35. The van der Waals surface area contributed by atoms with Crippen molar-refractivity contribution in [2.24, 2.45) is 0 Å². The monoisotopic (exact) mass is 537 g/mol. The Kier molecular flexibility index (Phi) is 6.71. The number of piperazine rings is 1. The molecule has 2 bridgehead atoms. The standard InChI is InChI=1S/C26H28FN7O5/c1-13-4-7-18-16(11-30-33-18)20(13)23-21(27)22-17(10-29-23)24(32-25(31-22)38-12-19(36-2)37-3)39-26(35)34-14-5-6-15(34)9-28-8-14/h4,7,10-11,14-15,19,28H,5-6,8-9,12H2,1-3H3,(H,30,33). The van der Waals surface area contributed by atoms with Crippen LogP contribution in [0.15, 0.2) is 24.5 Å². The van der Waals surface area contributed by atoms with Crippen molar-refractivity contribution in [1.29, 1.82) is 0 Å². The zero-order valence-corrected chi connectivity index (χ0v) is 21.7. The Bertz CT molecular complexity index is 1530. The van der Waals surface area contributed by atoms with Crippen LogP contribution in [0.1, 0.15) is 18.4 Å². The molecule has 12 nitrogen and oxygen atoms in total. The van der Waals surface area contributed by atoms with E-state index < -0.39 is 18.2 Å². The highest BCUT2D eigenvalue weighted by Crippen LogP contribution is 2.36. The molecule has 4 aromatic rings. The van der Waals surface area contributed by atoms with Crippen molar-refractivity contribution in [1.82, 2.24) is 35.4 Å². The topological polar surface area (TPSA) is 137 Å². The van der Waals surface area contributed by atoms with Crippen LogP contribution in [0.4, 0.5) is 9.18 Å². The van der Waals surface area contributed by atoms with Gasteiger partial charge in [-0.3, -0.25) is 15.0 Å². The van der Waals surface area contributed by atoms with Crippen molar-refractivity contribution in [2.45, 2.75) is 38.1 Å². The number of benzene rings is 1. The van der Waals surface area contributed by atoms with Crippen molar-refractivity contribution in [3.05, 3.63) is 35.9 Å². The Hall–Kier alpha value is -3.94. The SMILES string of the molecule is COC(COc1nc(OC(=O)N2C3CCC2CNC3)c2cnc(-c3c(C)ccc4[nH]ncc34)c(F)c2n1)OC. The number of pyridine rings is 1. The van der Waals surface area contributed by atoms with Gasteiger partial charge in [0.05, 0.1) is 17.1 Å². The van der Waals surface area contributed by atoms with E-state index in [1.165, 1.54) is 20.4 Å². The lowest BCUT2D eigenvalue weighted by Crippen LogP contribution is -2.55. The summed E-state index contributed by atoms with van der Waals surface area (Å²) in [6.45, 7) is 3.18. The van der Waals surface area contributed by atoms with Gasteiger partial charge in [-0.1, -0.05) is 6.07 Å². The molecule has 204 valence electrons. The molecule has 0 saturated carbocycles. The fourth-order valence-electron chi connectivity index (χ4n) is 5.36. The quantitative estimate of drug-likeness (QED) is 0.339. The van der Waals surface area contributed by atoms with Crippen LogP contribution in [-0.2, 0) is 9.47 Å². The molecular formula is C26H28FN7O5. The molecule has 2 aliphatic rings. The van der Waals surface area contributed by atoms with Crippen LogP contribution in [0.5, 0.6) is 11.9 Å². The van der Waals surface area contributed by atoms with Gasteiger partial charge in [0.25, 0.3) is 0 Å². The summed E-state index contributed by atoms with van der Waals surface area (Å²) in [5, 5.41) is 11.2. The normalized spacial score (nSPS) is 18.8. The van der Waals surface area contributed by atoms with Crippen molar-refractivity contribution < 1.29 is 28.1 Å². The minimum atomic E-state index is -0.703. The minimum absolute atomic E-state index is 0.0316. The van der Waals surface area contributed by atoms with Gasteiger partial charge in [0.15, 0.2) is 12.1 Å². The maximum absolute atomic E-state index is 16.2. The zero-order chi connectivity index (χ0) is 27.1. The Balaban J connectivity index is 1.44. The highest BCUT2D eigenvalue weighted by molar-refractivity contribution is 5.98. The lowest BCUT2D eigenvalue weighted by molar-refractivity contribution is -0.123. The third kappa shape index (κ3) is 4.51. The number of carbonyl (C=O) groups is 1. The molecule has 2 atom stereocenters. The van der Waals surface area contributed by atoms with Gasteiger partial charge in [0, 0.05) is 56.5 Å². The molecule has 2 unspecified atom stereocenters. The fourth-order valence-corrected chi connectivity index (χ4v) is 5.36. The molecule has 2 N–H and O–H groups in total. The molecule has 2 saturated heterocycles. The number of ether oxygens (including phenoxy) is 4. The molecule has 0 spiro atoms. The number of aryl methyl sites for hydroxylation is 1. The first-order valence-electron chi connectivity index (χ1n) is 12.7. The number of fused-ring (bicyclic) bond motifs is 4. The number of nitrogens with zero attached hydrogens (tertiary/aromatic N) is 5. The van der Waals surface area contributed by atoms with Crippen LogP contribution in [0.3, 0.4) is 0 Å². The summed E-state index contributed by atoms with van der Waals surface area (Å²) >= 11 is 0. The van der Waals surface area contributed by atoms with E-state index >= 15 is 4.39 Å². The lowest BCUT2D eigenvalue weighted by atomic mass is 10.00.